The van der Waals surface area contributed by atoms with E-state index in [9.17, 15) is 0 Å². The smallest absolute Gasteiger partial charge is 0.00356 e. The molecule has 98 valence electrons. The number of hydrogen-bond acceptors (Lipinski definition) is 1. The molecule has 2 rings (SSSR count). The number of rotatable bonds is 4. The van der Waals surface area contributed by atoms with Crippen molar-refractivity contribution in [3.63, 3.8) is 0 Å². The number of hydrogen-bond donors (Lipinski definition) is 0. The van der Waals surface area contributed by atoms with Gasteiger partial charge in [0.05, 0.1) is 0 Å². The molecule has 0 fully saturated rings. The van der Waals surface area contributed by atoms with E-state index in [1.54, 1.807) is 0 Å². The molecule has 0 heterocycles. The average Bonchev–Trinajstić information content (AvgIpc) is 2.35. The van der Waals surface area contributed by atoms with Crippen molar-refractivity contribution in [2.24, 2.45) is 0 Å². The van der Waals surface area contributed by atoms with Gasteiger partial charge in [0.2, 0.25) is 0 Å². The van der Waals surface area contributed by atoms with Crippen LogP contribution in [-0.2, 0) is 6.42 Å². The van der Waals surface area contributed by atoms with Gasteiger partial charge in [0.1, 0.15) is 0 Å². The van der Waals surface area contributed by atoms with Gasteiger partial charge in [-0.3, -0.25) is 0 Å². The molecule has 18 heavy (non-hydrogen) atoms. The maximum absolute atomic E-state index is 2.39. The van der Waals surface area contributed by atoms with Crippen molar-refractivity contribution in [2.75, 3.05) is 13.6 Å². The predicted molar refractivity (Wildman–Crippen MR) is 82.7 cm³/mol. The molecule has 0 aliphatic rings. The molecular formula is C16H22ClN. The van der Waals surface area contributed by atoms with Crippen molar-refractivity contribution in [1.29, 1.82) is 0 Å². The molecule has 2 aromatic carbocycles. The zero-order valence-corrected chi connectivity index (χ0v) is 12.2. The maximum Gasteiger partial charge on any atom is 0.00356 e. The van der Waals surface area contributed by atoms with Crippen molar-refractivity contribution in [2.45, 2.75) is 26.3 Å². The molecular weight excluding hydrogens is 242 g/mol. The van der Waals surface area contributed by atoms with Crippen molar-refractivity contribution >= 4 is 23.2 Å². The molecule has 0 aliphatic heterocycles. The largest absolute Gasteiger partial charge is 0.304 e. The maximum atomic E-state index is 2.39. The fourth-order valence-electron chi connectivity index (χ4n) is 2.07. The summed E-state index contributed by atoms with van der Waals surface area (Å²) in [4.78, 5) is 2.39. The van der Waals surface area contributed by atoms with Crippen LogP contribution >= 0.6 is 12.4 Å². The lowest BCUT2D eigenvalue weighted by Crippen LogP contribution is -2.28. The Balaban J connectivity index is 0.00000162. The van der Waals surface area contributed by atoms with E-state index < -0.39 is 0 Å². The van der Waals surface area contributed by atoms with Crippen molar-refractivity contribution < 1.29 is 0 Å². The van der Waals surface area contributed by atoms with Crippen LogP contribution in [0.1, 0.15) is 19.4 Å². The monoisotopic (exact) mass is 263 g/mol. The van der Waals surface area contributed by atoms with Gasteiger partial charge in [0, 0.05) is 12.6 Å². The van der Waals surface area contributed by atoms with Crippen LogP contribution in [-0.4, -0.2) is 24.5 Å². The Morgan fingerprint density at radius 2 is 1.67 bits per heavy atom. The molecule has 2 heteroatoms. The van der Waals surface area contributed by atoms with Crippen LogP contribution in [0.2, 0.25) is 0 Å². The normalized spacial score (nSPS) is 10.9. The molecule has 0 unspecified atom stereocenters. The number of halogens is 1. The predicted octanol–water partition coefficient (Wildman–Crippen LogP) is 4.14. The summed E-state index contributed by atoms with van der Waals surface area (Å²) in [7, 11) is 2.19. The van der Waals surface area contributed by atoms with E-state index in [-0.39, 0.29) is 12.4 Å². The Kier molecular flexibility index (Phi) is 5.64. The lowest BCUT2D eigenvalue weighted by Gasteiger charge is -2.21. The summed E-state index contributed by atoms with van der Waals surface area (Å²) in [6.07, 6.45) is 1.12. The minimum absolute atomic E-state index is 0. The SMILES string of the molecule is CC(C)N(C)CCc1cccc2ccccc12.Cl. The molecule has 0 spiro atoms. The van der Waals surface area contributed by atoms with Crippen LogP contribution in [0.15, 0.2) is 42.5 Å². The van der Waals surface area contributed by atoms with E-state index in [0.29, 0.717) is 6.04 Å². The van der Waals surface area contributed by atoms with Gasteiger partial charge < -0.3 is 4.90 Å². The average molecular weight is 264 g/mol. The zero-order chi connectivity index (χ0) is 12.3. The first-order chi connectivity index (χ1) is 8.18. The van der Waals surface area contributed by atoms with Crippen LogP contribution < -0.4 is 0 Å². The minimum atomic E-state index is 0. The Morgan fingerprint density at radius 1 is 1.00 bits per heavy atom. The van der Waals surface area contributed by atoms with Gasteiger partial charge in [0.25, 0.3) is 0 Å². The third-order valence-corrected chi connectivity index (χ3v) is 3.50. The van der Waals surface area contributed by atoms with Gasteiger partial charge in [-0.05, 0) is 43.7 Å². The molecule has 0 amide bonds. The minimum Gasteiger partial charge on any atom is -0.304 e. The van der Waals surface area contributed by atoms with E-state index in [0.717, 1.165) is 13.0 Å². The zero-order valence-electron chi connectivity index (χ0n) is 11.4. The van der Waals surface area contributed by atoms with E-state index in [1.165, 1.54) is 16.3 Å². The second kappa shape index (κ2) is 6.77. The summed E-state index contributed by atoms with van der Waals surface area (Å²) in [6, 6.07) is 15.8. The standard InChI is InChI=1S/C16H21N.ClH/c1-13(2)17(3)12-11-15-9-6-8-14-7-4-5-10-16(14)15;/h4-10,13H,11-12H2,1-3H3;1H. The van der Waals surface area contributed by atoms with Crippen LogP contribution in [0.25, 0.3) is 10.8 Å². The van der Waals surface area contributed by atoms with Crippen LogP contribution in [0.3, 0.4) is 0 Å². The van der Waals surface area contributed by atoms with Crippen LogP contribution in [0.5, 0.6) is 0 Å². The highest BCUT2D eigenvalue weighted by molar-refractivity contribution is 5.86. The van der Waals surface area contributed by atoms with Gasteiger partial charge in [-0.25, -0.2) is 0 Å². The molecule has 0 N–H and O–H groups in total. The van der Waals surface area contributed by atoms with Gasteiger partial charge in [-0.1, -0.05) is 42.5 Å². The molecule has 0 saturated carbocycles. The van der Waals surface area contributed by atoms with Gasteiger partial charge >= 0.3 is 0 Å². The fourth-order valence-corrected chi connectivity index (χ4v) is 2.07. The first-order valence-electron chi connectivity index (χ1n) is 6.35. The molecule has 0 atom stereocenters. The van der Waals surface area contributed by atoms with E-state index in [1.807, 2.05) is 0 Å². The highest BCUT2D eigenvalue weighted by atomic mass is 35.5. The number of fused-ring (bicyclic) bond motifs is 1. The topological polar surface area (TPSA) is 3.24 Å². The second-order valence-corrected chi connectivity index (χ2v) is 4.96. The molecule has 1 nitrogen and oxygen atoms in total. The summed E-state index contributed by atoms with van der Waals surface area (Å²) in [6.45, 7) is 5.60. The fraction of sp³-hybridized carbons (Fsp3) is 0.375. The highest BCUT2D eigenvalue weighted by Crippen LogP contribution is 2.19. The van der Waals surface area contributed by atoms with Crippen molar-refractivity contribution in [3.05, 3.63) is 48.0 Å². The quantitative estimate of drug-likeness (QED) is 0.801. The summed E-state index contributed by atoms with van der Waals surface area (Å²) < 4.78 is 0. The van der Waals surface area contributed by atoms with Crippen molar-refractivity contribution in [3.8, 4) is 0 Å². The first-order valence-corrected chi connectivity index (χ1v) is 6.35. The molecule has 0 bridgehead atoms. The van der Waals surface area contributed by atoms with Crippen LogP contribution in [0.4, 0.5) is 0 Å². The van der Waals surface area contributed by atoms with E-state index in [4.69, 9.17) is 0 Å². The lowest BCUT2D eigenvalue weighted by molar-refractivity contribution is 0.278. The number of nitrogens with zero attached hydrogens (tertiary/aromatic N) is 1. The number of benzene rings is 2. The van der Waals surface area contributed by atoms with Crippen molar-refractivity contribution in [1.82, 2.24) is 4.90 Å². The molecule has 0 radical (unpaired) electrons. The Morgan fingerprint density at radius 3 is 2.39 bits per heavy atom. The van der Waals surface area contributed by atoms with Gasteiger partial charge in [-0.2, -0.15) is 0 Å². The van der Waals surface area contributed by atoms with E-state index >= 15 is 0 Å². The molecule has 0 aromatic heterocycles. The Labute approximate surface area is 116 Å². The Bertz CT molecular complexity index is 488. The molecule has 0 aliphatic carbocycles. The Hall–Kier alpha value is -1.05. The summed E-state index contributed by atoms with van der Waals surface area (Å²) in [5.74, 6) is 0. The summed E-state index contributed by atoms with van der Waals surface area (Å²) >= 11 is 0. The van der Waals surface area contributed by atoms with Crippen LogP contribution in [0, 0.1) is 0 Å². The summed E-state index contributed by atoms with van der Waals surface area (Å²) in [5, 5.41) is 2.74. The second-order valence-electron chi connectivity index (χ2n) is 4.96. The first kappa shape index (κ1) is 15.0. The lowest BCUT2D eigenvalue weighted by atomic mass is 10.0. The third kappa shape index (κ3) is 3.47. The van der Waals surface area contributed by atoms with Gasteiger partial charge in [0.15, 0.2) is 0 Å². The third-order valence-electron chi connectivity index (χ3n) is 3.50. The number of likely N-dealkylation sites (N-methyl/N-ethyl adjacent to an activating group) is 1. The van der Waals surface area contributed by atoms with Gasteiger partial charge in [-0.15, -0.1) is 12.4 Å². The van der Waals surface area contributed by atoms with E-state index in [2.05, 4.69) is 68.3 Å². The highest BCUT2D eigenvalue weighted by Gasteiger charge is 2.05. The molecule has 2 aromatic rings. The summed E-state index contributed by atoms with van der Waals surface area (Å²) in [5.41, 5.74) is 1.45. The molecule has 0 saturated heterocycles.